The van der Waals surface area contributed by atoms with Crippen LogP contribution in [0.25, 0.3) is 0 Å². The van der Waals surface area contributed by atoms with E-state index in [0.717, 1.165) is 32.2 Å². The van der Waals surface area contributed by atoms with E-state index in [-0.39, 0.29) is 5.92 Å². The third kappa shape index (κ3) is 4.67. The minimum absolute atomic E-state index is 0.144. The fraction of sp³-hybridized carbons (Fsp3) is 0.632. The number of nitrogens with zero attached hydrogens (tertiary/aromatic N) is 1. The summed E-state index contributed by atoms with van der Waals surface area (Å²) in [5.74, 6) is 1.72. The van der Waals surface area contributed by atoms with E-state index in [1.807, 2.05) is 11.8 Å². The van der Waals surface area contributed by atoms with Crippen molar-refractivity contribution in [2.45, 2.75) is 45.2 Å². The molecule has 1 aliphatic heterocycles. The predicted molar refractivity (Wildman–Crippen MR) is 101 cm³/mol. The maximum absolute atomic E-state index is 11.0. The van der Waals surface area contributed by atoms with Crippen LogP contribution in [0.15, 0.2) is 18.2 Å². The third-order valence-corrected chi connectivity index (χ3v) is 6.18. The predicted octanol–water partition coefficient (Wildman–Crippen LogP) is 3.60. The van der Waals surface area contributed by atoms with Crippen molar-refractivity contribution in [1.82, 2.24) is 4.90 Å². The SMILES string of the molecule is Cc1cc(CN2CCSCC2)ccc1NC1CCC(C(=O)O)CC1. The van der Waals surface area contributed by atoms with E-state index in [1.54, 1.807) is 0 Å². The van der Waals surface area contributed by atoms with Gasteiger partial charge < -0.3 is 10.4 Å². The number of hydrogen-bond donors (Lipinski definition) is 2. The second-order valence-corrected chi connectivity index (χ2v) is 8.29. The first kappa shape index (κ1) is 17.6. The van der Waals surface area contributed by atoms with Crippen molar-refractivity contribution in [3.05, 3.63) is 29.3 Å². The highest BCUT2D eigenvalue weighted by atomic mass is 32.2. The van der Waals surface area contributed by atoms with Crippen LogP contribution in [0, 0.1) is 12.8 Å². The molecule has 2 aliphatic rings. The molecule has 1 saturated heterocycles. The van der Waals surface area contributed by atoms with Crippen molar-refractivity contribution in [1.29, 1.82) is 0 Å². The van der Waals surface area contributed by atoms with Crippen molar-refractivity contribution in [3.8, 4) is 0 Å². The molecule has 24 heavy (non-hydrogen) atoms. The monoisotopic (exact) mass is 348 g/mol. The first-order valence-corrected chi connectivity index (χ1v) is 10.2. The molecule has 1 aliphatic carbocycles. The Labute approximate surface area is 149 Å². The summed E-state index contributed by atoms with van der Waals surface area (Å²) in [4.78, 5) is 13.6. The molecule has 1 saturated carbocycles. The largest absolute Gasteiger partial charge is 0.481 e. The quantitative estimate of drug-likeness (QED) is 0.851. The number of hydrogen-bond acceptors (Lipinski definition) is 4. The highest BCUT2D eigenvalue weighted by molar-refractivity contribution is 7.99. The molecule has 0 bridgehead atoms. The molecule has 0 unspecified atom stereocenters. The lowest BCUT2D eigenvalue weighted by molar-refractivity contribution is -0.142. The van der Waals surface area contributed by atoms with Gasteiger partial charge in [0.05, 0.1) is 5.92 Å². The summed E-state index contributed by atoms with van der Waals surface area (Å²) in [7, 11) is 0. The van der Waals surface area contributed by atoms with E-state index >= 15 is 0 Å². The zero-order chi connectivity index (χ0) is 16.9. The zero-order valence-corrected chi connectivity index (χ0v) is 15.3. The van der Waals surface area contributed by atoms with Gasteiger partial charge in [-0.15, -0.1) is 0 Å². The summed E-state index contributed by atoms with van der Waals surface area (Å²) in [6, 6.07) is 7.14. The Kier molecular flexibility index (Phi) is 6.06. The van der Waals surface area contributed by atoms with Crippen molar-refractivity contribution < 1.29 is 9.90 Å². The lowest BCUT2D eigenvalue weighted by Crippen LogP contribution is -2.32. The molecule has 2 fully saturated rings. The van der Waals surface area contributed by atoms with Crippen LogP contribution in [0.5, 0.6) is 0 Å². The van der Waals surface area contributed by atoms with E-state index in [1.165, 1.54) is 41.4 Å². The lowest BCUT2D eigenvalue weighted by atomic mass is 9.86. The van der Waals surface area contributed by atoms with Gasteiger partial charge in [-0.05, 0) is 49.8 Å². The highest BCUT2D eigenvalue weighted by Crippen LogP contribution is 2.28. The van der Waals surface area contributed by atoms with Crippen LogP contribution in [0.4, 0.5) is 5.69 Å². The fourth-order valence-electron chi connectivity index (χ4n) is 3.71. The second-order valence-electron chi connectivity index (χ2n) is 7.07. The molecule has 4 nitrogen and oxygen atoms in total. The molecule has 132 valence electrons. The van der Waals surface area contributed by atoms with Gasteiger partial charge >= 0.3 is 5.97 Å². The topological polar surface area (TPSA) is 52.6 Å². The summed E-state index contributed by atoms with van der Waals surface area (Å²) in [5.41, 5.74) is 3.88. The number of aliphatic carboxylic acids is 1. The Morgan fingerprint density at radius 3 is 2.58 bits per heavy atom. The van der Waals surface area contributed by atoms with Gasteiger partial charge in [0.2, 0.25) is 0 Å². The fourth-order valence-corrected chi connectivity index (χ4v) is 4.69. The van der Waals surface area contributed by atoms with Crippen LogP contribution >= 0.6 is 11.8 Å². The van der Waals surface area contributed by atoms with Crippen molar-refractivity contribution in [3.63, 3.8) is 0 Å². The number of anilines is 1. The van der Waals surface area contributed by atoms with Crippen LogP contribution in [-0.4, -0.2) is 46.6 Å². The minimum Gasteiger partial charge on any atom is -0.481 e. The van der Waals surface area contributed by atoms with Gasteiger partial charge in [0.15, 0.2) is 0 Å². The van der Waals surface area contributed by atoms with Gasteiger partial charge in [-0.1, -0.05) is 12.1 Å². The first-order valence-electron chi connectivity index (χ1n) is 9.01. The molecule has 2 N–H and O–H groups in total. The number of carboxylic acids is 1. The molecule has 3 rings (SSSR count). The normalized spacial score (nSPS) is 25.4. The molecule has 0 radical (unpaired) electrons. The standard InChI is InChI=1S/C19H28N2O2S/c1-14-12-15(13-21-8-10-24-11-9-21)2-7-18(14)20-17-5-3-16(4-6-17)19(22)23/h2,7,12,16-17,20H,3-6,8-11,13H2,1H3,(H,22,23). The number of thioether (sulfide) groups is 1. The number of benzene rings is 1. The molecule has 0 aromatic heterocycles. The molecular weight excluding hydrogens is 320 g/mol. The summed E-state index contributed by atoms with van der Waals surface area (Å²) in [6.45, 7) is 5.60. The summed E-state index contributed by atoms with van der Waals surface area (Å²) in [6.07, 6.45) is 3.47. The highest BCUT2D eigenvalue weighted by Gasteiger charge is 2.26. The van der Waals surface area contributed by atoms with E-state index in [9.17, 15) is 4.79 Å². The Morgan fingerprint density at radius 2 is 1.96 bits per heavy atom. The number of rotatable bonds is 5. The molecule has 0 atom stereocenters. The van der Waals surface area contributed by atoms with E-state index in [4.69, 9.17) is 5.11 Å². The molecule has 5 heteroatoms. The Hall–Kier alpha value is -1.20. The molecule has 0 amide bonds. The zero-order valence-electron chi connectivity index (χ0n) is 14.5. The van der Waals surface area contributed by atoms with Gasteiger partial charge in [0.1, 0.15) is 0 Å². The smallest absolute Gasteiger partial charge is 0.306 e. The van der Waals surface area contributed by atoms with Crippen molar-refractivity contribution in [2.75, 3.05) is 29.9 Å². The Balaban J connectivity index is 1.54. The van der Waals surface area contributed by atoms with E-state index in [0.29, 0.717) is 6.04 Å². The van der Waals surface area contributed by atoms with Gasteiger partial charge in [-0.3, -0.25) is 9.69 Å². The minimum atomic E-state index is -0.634. The van der Waals surface area contributed by atoms with Gasteiger partial charge in [-0.2, -0.15) is 11.8 Å². The third-order valence-electron chi connectivity index (χ3n) is 5.24. The number of aryl methyl sites for hydroxylation is 1. The van der Waals surface area contributed by atoms with Crippen LogP contribution in [-0.2, 0) is 11.3 Å². The lowest BCUT2D eigenvalue weighted by Gasteiger charge is -2.29. The maximum atomic E-state index is 11.0. The van der Waals surface area contributed by atoms with E-state index in [2.05, 4.69) is 35.3 Å². The Bertz CT molecular complexity index is 564. The van der Waals surface area contributed by atoms with Gasteiger partial charge in [0.25, 0.3) is 0 Å². The Morgan fingerprint density at radius 1 is 1.25 bits per heavy atom. The second kappa shape index (κ2) is 8.26. The molecule has 0 spiro atoms. The van der Waals surface area contributed by atoms with Crippen molar-refractivity contribution >= 4 is 23.4 Å². The average molecular weight is 349 g/mol. The first-order chi connectivity index (χ1) is 11.6. The summed E-state index contributed by atoms with van der Waals surface area (Å²) < 4.78 is 0. The van der Waals surface area contributed by atoms with Crippen LogP contribution < -0.4 is 5.32 Å². The summed E-state index contributed by atoms with van der Waals surface area (Å²) in [5, 5.41) is 12.7. The average Bonchev–Trinajstić information content (AvgIpc) is 2.59. The summed E-state index contributed by atoms with van der Waals surface area (Å²) >= 11 is 2.05. The molecule has 1 aromatic carbocycles. The van der Waals surface area contributed by atoms with E-state index < -0.39 is 5.97 Å². The van der Waals surface area contributed by atoms with Crippen LogP contribution in [0.2, 0.25) is 0 Å². The van der Waals surface area contributed by atoms with Gasteiger partial charge in [0, 0.05) is 42.9 Å². The molecule has 1 heterocycles. The molecular formula is C19H28N2O2S. The van der Waals surface area contributed by atoms with Crippen LogP contribution in [0.1, 0.15) is 36.8 Å². The number of carboxylic acid groups (broad SMARTS) is 1. The number of carbonyl (C=O) groups is 1. The maximum Gasteiger partial charge on any atom is 0.306 e. The molecule has 1 aromatic rings. The van der Waals surface area contributed by atoms with Gasteiger partial charge in [-0.25, -0.2) is 0 Å². The van der Waals surface area contributed by atoms with Crippen molar-refractivity contribution in [2.24, 2.45) is 5.92 Å². The van der Waals surface area contributed by atoms with Crippen LogP contribution in [0.3, 0.4) is 0 Å². The number of nitrogens with one attached hydrogen (secondary N) is 1.